The minimum absolute atomic E-state index is 0.0392. The van der Waals surface area contributed by atoms with Crippen molar-refractivity contribution >= 4 is 11.9 Å². The Balaban J connectivity index is 3.07. The lowest BCUT2D eigenvalue weighted by molar-refractivity contribution is 0.0692. The Morgan fingerprint density at radius 1 is 1.73 bits per heavy atom. The molecular weight excluding hydrogens is 150 g/mol. The molecule has 0 aliphatic heterocycles. The van der Waals surface area contributed by atoms with Gasteiger partial charge < -0.3 is 21.0 Å². The first-order valence-electron chi connectivity index (χ1n) is 2.83. The lowest BCUT2D eigenvalue weighted by atomic mass is 10.5. The van der Waals surface area contributed by atoms with Crippen molar-refractivity contribution < 1.29 is 14.3 Å². The van der Waals surface area contributed by atoms with Crippen LogP contribution in [-0.4, -0.2) is 16.1 Å². The number of nitrogen functional groups attached to an aromatic ring is 1. The Morgan fingerprint density at radius 3 is 2.64 bits per heavy atom. The van der Waals surface area contributed by atoms with Gasteiger partial charge in [0.1, 0.15) is 0 Å². The van der Waals surface area contributed by atoms with Gasteiger partial charge in [0.15, 0.2) is 0 Å². The highest BCUT2D eigenvalue weighted by atomic mass is 16.4. The molecule has 1 aromatic rings. The molecule has 1 aromatic heterocycles. The molecule has 11 heavy (non-hydrogen) atoms. The third kappa shape index (κ3) is 1.30. The molecule has 0 aliphatic carbocycles. The van der Waals surface area contributed by atoms with Crippen molar-refractivity contribution in [1.29, 1.82) is 0 Å². The SMILES string of the molecule is NCc1nc(C(=O)O)c(N)o1. The molecule has 0 aromatic carbocycles. The van der Waals surface area contributed by atoms with Gasteiger partial charge in [-0.25, -0.2) is 9.78 Å². The van der Waals surface area contributed by atoms with Gasteiger partial charge in [-0.1, -0.05) is 0 Å². The van der Waals surface area contributed by atoms with Crippen LogP contribution in [0.1, 0.15) is 16.4 Å². The standard InChI is InChI=1S/C5H7N3O3/c6-1-2-8-3(5(9)10)4(7)11-2/h1,6-7H2,(H,9,10). The number of nitrogens with zero attached hydrogens (tertiary/aromatic N) is 1. The van der Waals surface area contributed by atoms with Gasteiger partial charge in [-0.05, 0) is 0 Å². The van der Waals surface area contributed by atoms with E-state index < -0.39 is 5.97 Å². The van der Waals surface area contributed by atoms with E-state index in [1.54, 1.807) is 0 Å². The first-order chi connectivity index (χ1) is 5.15. The smallest absolute Gasteiger partial charge is 0.360 e. The fourth-order valence-electron chi connectivity index (χ4n) is 0.618. The van der Waals surface area contributed by atoms with E-state index in [9.17, 15) is 4.79 Å². The monoisotopic (exact) mass is 157 g/mol. The van der Waals surface area contributed by atoms with Crippen molar-refractivity contribution in [1.82, 2.24) is 4.98 Å². The minimum atomic E-state index is -1.22. The molecule has 0 saturated carbocycles. The Kier molecular flexibility index (Phi) is 1.77. The number of hydrogen-bond acceptors (Lipinski definition) is 5. The maximum Gasteiger partial charge on any atom is 0.360 e. The van der Waals surface area contributed by atoms with Crippen LogP contribution in [0.3, 0.4) is 0 Å². The van der Waals surface area contributed by atoms with E-state index in [0.29, 0.717) is 0 Å². The molecule has 1 rings (SSSR count). The predicted octanol–water partition coefficient (Wildman–Crippen LogP) is -0.586. The van der Waals surface area contributed by atoms with Crippen LogP contribution in [0.4, 0.5) is 5.88 Å². The van der Waals surface area contributed by atoms with E-state index in [-0.39, 0.29) is 24.0 Å². The van der Waals surface area contributed by atoms with Gasteiger partial charge in [0.05, 0.1) is 6.54 Å². The molecule has 6 nitrogen and oxygen atoms in total. The molecule has 0 unspecified atom stereocenters. The number of carbonyl (C=O) groups is 1. The van der Waals surface area contributed by atoms with Crippen LogP contribution in [0.5, 0.6) is 0 Å². The molecule has 60 valence electrons. The molecule has 0 saturated heterocycles. The summed E-state index contributed by atoms with van der Waals surface area (Å²) in [6.45, 7) is 0.0392. The topological polar surface area (TPSA) is 115 Å². The van der Waals surface area contributed by atoms with Crippen LogP contribution in [0.15, 0.2) is 4.42 Å². The molecule has 0 spiro atoms. The summed E-state index contributed by atoms with van der Waals surface area (Å²) in [5.41, 5.74) is 9.99. The van der Waals surface area contributed by atoms with Crippen molar-refractivity contribution in [3.05, 3.63) is 11.6 Å². The van der Waals surface area contributed by atoms with Gasteiger partial charge in [-0.15, -0.1) is 0 Å². The van der Waals surface area contributed by atoms with Gasteiger partial charge in [0, 0.05) is 0 Å². The molecule has 0 aliphatic rings. The number of oxazole rings is 1. The zero-order chi connectivity index (χ0) is 8.43. The van der Waals surface area contributed by atoms with E-state index in [4.69, 9.17) is 16.6 Å². The molecule has 0 atom stereocenters. The molecule has 0 bridgehead atoms. The summed E-state index contributed by atoms with van der Waals surface area (Å²) in [6, 6.07) is 0. The number of rotatable bonds is 2. The van der Waals surface area contributed by atoms with Gasteiger partial charge in [0.2, 0.25) is 17.5 Å². The van der Waals surface area contributed by atoms with E-state index in [1.165, 1.54) is 0 Å². The van der Waals surface area contributed by atoms with Crippen LogP contribution in [0.2, 0.25) is 0 Å². The van der Waals surface area contributed by atoms with Gasteiger partial charge >= 0.3 is 5.97 Å². The maximum absolute atomic E-state index is 10.3. The van der Waals surface area contributed by atoms with Crippen molar-refractivity contribution in [2.75, 3.05) is 5.73 Å². The van der Waals surface area contributed by atoms with Crippen LogP contribution < -0.4 is 11.5 Å². The highest BCUT2D eigenvalue weighted by molar-refractivity contribution is 5.89. The van der Waals surface area contributed by atoms with Crippen molar-refractivity contribution in [2.24, 2.45) is 5.73 Å². The number of aromatic nitrogens is 1. The summed E-state index contributed by atoms with van der Waals surface area (Å²) in [5.74, 6) is -1.30. The van der Waals surface area contributed by atoms with E-state index >= 15 is 0 Å². The Bertz CT molecular complexity index is 281. The summed E-state index contributed by atoms with van der Waals surface area (Å²) < 4.78 is 4.69. The quantitative estimate of drug-likeness (QED) is 0.528. The van der Waals surface area contributed by atoms with Crippen LogP contribution in [0.25, 0.3) is 0 Å². The summed E-state index contributed by atoms with van der Waals surface area (Å²) in [5, 5.41) is 8.43. The number of anilines is 1. The van der Waals surface area contributed by atoms with Crippen molar-refractivity contribution in [3.8, 4) is 0 Å². The second-order valence-corrected chi connectivity index (χ2v) is 1.83. The molecule has 0 amide bonds. The summed E-state index contributed by atoms with van der Waals surface area (Å²) >= 11 is 0. The van der Waals surface area contributed by atoms with Crippen LogP contribution in [0, 0.1) is 0 Å². The van der Waals surface area contributed by atoms with Gasteiger partial charge in [-0.3, -0.25) is 0 Å². The second kappa shape index (κ2) is 2.59. The molecule has 6 heteroatoms. The lowest BCUT2D eigenvalue weighted by Crippen LogP contribution is -2.01. The summed E-state index contributed by atoms with van der Waals surface area (Å²) in [7, 11) is 0. The Hall–Kier alpha value is -1.56. The summed E-state index contributed by atoms with van der Waals surface area (Å²) in [6.07, 6.45) is 0. The third-order valence-corrected chi connectivity index (χ3v) is 1.07. The average Bonchev–Trinajstić information content (AvgIpc) is 2.30. The van der Waals surface area contributed by atoms with Crippen molar-refractivity contribution in [2.45, 2.75) is 6.54 Å². The number of aromatic carboxylic acids is 1. The normalized spacial score (nSPS) is 9.91. The largest absolute Gasteiger partial charge is 0.476 e. The molecule has 0 fully saturated rings. The highest BCUT2D eigenvalue weighted by Gasteiger charge is 2.15. The maximum atomic E-state index is 10.3. The van der Waals surface area contributed by atoms with E-state index in [2.05, 4.69) is 9.40 Å². The predicted molar refractivity (Wildman–Crippen MR) is 35.8 cm³/mol. The zero-order valence-corrected chi connectivity index (χ0v) is 5.57. The number of hydrogen-bond donors (Lipinski definition) is 3. The number of nitrogens with two attached hydrogens (primary N) is 2. The fraction of sp³-hybridized carbons (Fsp3) is 0.200. The molecular formula is C5H7N3O3. The highest BCUT2D eigenvalue weighted by Crippen LogP contribution is 2.11. The van der Waals surface area contributed by atoms with Crippen LogP contribution in [-0.2, 0) is 6.54 Å². The third-order valence-electron chi connectivity index (χ3n) is 1.07. The molecule has 1 heterocycles. The van der Waals surface area contributed by atoms with E-state index in [1.807, 2.05) is 0 Å². The molecule has 5 N–H and O–H groups in total. The average molecular weight is 157 g/mol. The van der Waals surface area contributed by atoms with Gasteiger partial charge in [-0.2, -0.15) is 0 Å². The first kappa shape index (κ1) is 7.55. The lowest BCUT2D eigenvalue weighted by Gasteiger charge is -1.83. The van der Waals surface area contributed by atoms with Gasteiger partial charge in [0.25, 0.3) is 0 Å². The zero-order valence-electron chi connectivity index (χ0n) is 5.57. The minimum Gasteiger partial charge on any atom is -0.476 e. The Morgan fingerprint density at radius 2 is 2.36 bits per heavy atom. The first-order valence-corrected chi connectivity index (χ1v) is 2.83. The number of carboxylic acids is 1. The second-order valence-electron chi connectivity index (χ2n) is 1.83. The van der Waals surface area contributed by atoms with E-state index in [0.717, 1.165) is 0 Å². The van der Waals surface area contributed by atoms with Crippen LogP contribution >= 0.6 is 0 Å². The molecule has 0 radical (unpaired) electrons. The Labute approximate surface area is 61.8 Å². The van der Waals surface area contributed by atoms with Crippen molar-refractivity contribution in [3.63, 3.8) is 0 Å². The number of carboxylic acid groups (broad SMARTS) is 1. The fourth-order valence-corrected chi connectivity index (χ4v) is 0.618. The summed E-state index contributed by atoms with van der Waals surface area (Å²) in [4.78, 5) is 13.8.